The molecule has 0 amide bonds. The molecule has 2 aromatic carbocycles. The van der Waals surface area contributed by atoms with Crippen LogP contribution in [0, 0.1) is 0 Å². The van der Waals surface area contributed by atoms with Gasteiger partial charge in [-0.1, -0.05) is 29.3 Å². The fourth-order valence-electron chi connectivity index (χ4n) is 3.29. The van der Waals surface area contributed by atoms with Crippen LogP contribution in [0.2, 0.25) is 10.0 Å². The molecule has 0 bridgehead atoms. The second kappa shape index (κ2) is 6.74. The molecule has 0 saturated carbocycles. The van der Waals surface area contributed by atoms with Gasteiger partial charge in [0.25, 0.3) is 0 Å². The van der Waals surface area contributed by atoms with Crippen LogP contribution in [0.3, 0.4) is 0 Å². The zero-order valence-electron chi connectivity index (χ0n) is 14.3. The summed E-state index contributed by atoms with van der Waals surface area (Å²) in [5.74, 6) is 2.27. The maximum atomic E-state index is 6.41. The van der Waals surface area contributed by atoms with Gasteiger partial charge >= 0.3 is 0 Å². The van der Waals surface area contributed by atoms with Crippen molar-refractivity contribution in [2.45, 2.75) is 6.42 Å². The minimum absolute atomic E-state index is 0.542. The molecule has 1 aromatic heterocycles. The quantitative estimate of drug-likeness (QED) is 0.693. The van der Waals surface area contributed by atoms with Gasteiger partial charge in [0.05, 0.1) is 24.9 Å². The first-order valence-electron chi connectivity index (χ1n) is 8.16. The molecule has 0 saturated heterocycles. The van der Waals surface area contributed by atoms with Crippen LogP contribution in [0.4, 0.5) is 5.82 Å². The third kappa shape index (κ3) is 2.68. The summed E-state index contributed by atoms with van der Waals surface area (Å²) in [4.78, 5) is 0. The first-order chi connectivity index (χ1) is 12.6. The minimum atomic E-state index is 0.542. The summed E-state index contributed by atoms with van der Waals surface area (Å²) in [6.07, 6.45) is 0.871. The van der Waals surface area contributed by atoms with E-state index >= 15 is 0 Å². The van der Waals surface area contributed by atoms with Crippen LogP contribution in [0.25, 0.3) is 16.9 Å². The summed E-state index contributed by atoms with van der Waals surface area (Å²) in [5.41, 5.74) is 3.64. The molecule has 0 spiro atoms. The van der Waals surface area contributed by atoms with E-state index in [0.717, 1.165) is 41.3 Å². The molecule has 0 unspecified atom stereocenters. The van der Waals surface area contributed by atoms with Crippen molar-refractivity contribution in [1.82, 2.24) is 9.78 Å². The maximum absolute atomic E-state index is 6.41. The van der Waals surface area contributed by atoms with Crippen molar-refractivity contribution in [2.75, 3.05) is 26.1 Å². The molecule has 2 heterocycles. The number of hydrogen-bond acceptors (Lipinski definition) is 4. The van der Waals surface area contributed by atoms with Crippen LogP contribution < -0.4 is 14.8 Å². The number of rotatable bonds is 4. The summed E-state index contributed by atoms with van der Waals surface area (Å²) in [5, 5.41) is 9.37. The fraction of sp³-hybridized carbons (Fsp3) is 0.211. The highest BCUT2D eigenvalue weighted by Gasteiger charge is 2.27. The molecule has 5 nitrogen and oxygen atoms in total. The van der Waals surface area contributed by atoms with Gasteiger partial charge in [-0.2, -0.15) is 5.10 Å². The Hall–Kier alpha value is -2.37. The molecular weight excluding hydrogens is 373 g/mol. The van der Waals surface area contributed by atoms with Crippen molar-refractivity contribution in [1.29, 1.82) is 0 Å². The highest BCUT2D eigenvalue weighted by atomic mass is 35.5. The maximum Gasteiger partial charge on any atom is 0.170 e. The van der Waals surface area contributed by atoms with E-state index in [9.17, 15) is 0 Å². The number of methoxy groups -OCH3 is 2. The lowest BCUT2D eigenvalue weighted by Gasteiger charge is -2.12. The molecule has 0 radical (unpaired) electrons. The second-order valence-corrected chi connectivity index (χ2v) is 6.74. The highest BCUT2D eigenvalue weighted by Crippen LogP contribution is 2.42. The van der Waals surface area contributed by atoms with Crippen LogP contribution in [-0.2, 0) is 6.42 Å². The van der Waals surface area contributed by atoms with Crippen molar-refractivity contribution >= 4 is 29.0 Å². The van der Waals surface area contributed by atoms with Crippen LogP contribution in [0.15, 0.2) is 36.4 Å². The van der Waals surface area contributed by atoms with E-state index in [1.54, 1.807) is 26.4 Å². The first-order valence-corrected chi connectivity index (χ1v) is 8.92. The molecule has 0 fully saturated rings. The smallest absolute Gasteiger partial charge is 0.170 e. The van der Waals surface area contributed by atoms with Crippen molar-refractivity contribution in [3.63, 3.8) is 0 Å². The number of nitrogens with one attached hydrogen (secondary N) is 1. The average molecular weight is 390 g/mol. The zero-order valence-corrected chi connectivity index (χ0v) is 15.9. The molecule has 4 rings (SSSR count). The van der Waals surface area contributed by atoms with Crippen molar-refractivity contribution in [3.8, 4) is 28.4 Å². The number of nitrogens with zero attached hydrogens (tertiary/aromatic N) is 2. The van der Waals surface area contributed by atoms with Gasteiger partial charge in [0.2, 0.25) is 0 Å². The van der Waals surface area contributed by atoms with Crippen LogP contribution in [0.5, 0.6) is 11.5 Å². The van der Waals surface area contributed by atoms with Gasteiger partial charge in [-0.05, 0) is 36.8 Å². The SMILES string of the molecule is COc1cccc(-c2nn(-c3ccc(Cl)cc3Cl)c3c2CCN3)c1OC. The third-order valence-corrected chi connectivity index (χ3v) is 4.98. The van der Waals surface area contributed by atoms with E-state index in [1.807, 2.05) is 28.9 Å². The van der Waals surface area contributed by atoms with Gasteiger partial charge in [-0.25, -0.2) is 4.68 Å². The van der Waals surface area contributed by atoms with E-state index in [4.69, 9.17) is 37.8 Å². The number of fused-ring (bicyclic) bond motifs is 1. The van der Waals surface area contributed by atoms with Crippen LogP contribution in [-0.4, -0.2) is 30.5 Å². The van der Waals surface area contributed by atoms with E-state index in [-0.39, 0.29) is 0 Å². The second-order valence-electron chi connectivity index (χ2n) is 5.90. The Balaban J connectivity index is 1.93. The summed E-state index contributed by atoms with van der Waals surface area (Å²) in [6.45, 7) is 0.845. The minimum Gasteiger partial charge on any atom is -0.493 e. The van der Waals surface area contributed by atoms with Crippen molar-refractivity contribution in [3.05, 3.63) is 52.0 Å². The number of para-hydroxylation sites is 1. The number of aromatic nitrogens is 2. The Morgan fingerprint density at radius 3 is 2.69 bits per heavy atom. The zero-order chi connectivity index (χ0) is 18.3. The molecule has 0 aliphatic carbocycles. The summed E-state index contributed by atoms with van der Waals surface area (Å²) in [6, 6.07) is 11.2. The molecule has 7 heteroatoms. The lowest BCUT2D eigenvalue weighted by Crippen LogP contribution is -2.05. The van der Waals surface area contributed by atoms with Gasteiger partial charge < -0.3 is 14.8 Å². The number of ether oxygens (including phenoxy) is 2. The van der Waals surface area contributed by atoms with Gasteiger partial charge in [0.15, 0.2) is 11.5 Å². The van der Waals surface area contributed by atoms with Gasteiger partial charge in [0, 0.05) is 22.7 Å². The monoisotopic (exact) mass is 389 g/mol. The Morgan fingerprint density at radius 2 is 1.96 bits per heavy atom. The van der Waals surface area contributed by atoms with Crippen LogP contribution >= 0.6 is 23.2 Å². The molecule has 26 heavy (non-hydrogen) atoms. The summed E-state index contributed by atoms with van der Waals surface area (Å²) in [7, 11) is 3.26. The Kier molecular flexibility index (Phi) is 4.42. The Bertz CT molecular complexity index is 985. The largest absolute Gasteiger partial charge is 0.493 e. The average Bonchev–Trinajstić information content (AvgIpc) is 3.24. The number of hydrogen-bond donors (Lipinski definition) is 1. The molecule has 0 atom stereocenters. The fourth-order valence-corrected chi connectivity index (χ4v) is 3.78. The molecule has 1 aliphatic heterocycles. The molecule has 1 aliphatic rings. The molecular formula is C19H17Cl2N3O2. The Labute approximate surface area is 161 Å². The Morgan fingerprint density at radius 1 is 1.12 bits per heavy atom. The van der Waals surface area contributed by atoms with Gasteiger partial charge in [-0.15, -0.1) is 0 Å². The predicted molar refractivity (Wildman–Crippen MR) is 104 cm³/mol. The summed E-state index contributed by atoms with van der Waals surface area (Å²) >= 11 is 12.4. The topological polar surface area (TPSA) is 48.3 Å². The highest BCUT2D eigenvalue weighted by molar-refractivity contribution is 6.35. The molecule has 134 valence electrons. The van der Waals surface area contributed by atoms with Gasteiger partial charge in [-0.3, -0.25) is 0 Å². The van der Waals surface area contributed by atoms with E-state index in [0.29, 0.717) is 21.5 Å². The standard InChI is InChI=1S/C19H17Cl2N3O2/c1-25-16-5-3-4-12(18(16)26-2)17-13-8-9-22-19(13)24(23-17)15-7-6-11(20)10-14(15)21/h3-7,10,22H,8-9H2,1-2H3. The van der Waals surface area contributed by atoms with Crippen molar-refractivity contribution < 1.29 is 9.47 Å². The van der Waals surface area contributed by atoms with Gasteiger partial charge in [0.1, 0.15) is 11.5 Å². The lowest BCUT2D eigenvalue weighted by atomic mass is 10.1. The normalized spacial score (nSPS) is 12.6. The number of anilines is 1. The number of benzene rings is 2. The van der Waals surface area contributed by atoms with Crippen LogP contribution in [0.1, 0.15) is 5.56 Å². The van der Waals surface area contributed by atoms with Crippen molar-refractivity contribution in [2.24, 2.45) is 0 Å². The number of halogens is 2. The molecule has 3 aromatic rings. The first kappa shape index (κ1) is 17.1. The predicted octanol–water partition coefficient (Wildman–Crippen LogP) is 4.83. The summed E-state index contributed by atoms with van der Waals surface area (Å²) < 4.78 is 12.9. The third-order valence-electron chi connectivity index (χ3n) is 4.45. The van der Waals surface area contributed by atoms with E-state index in [2.05, 4.69) is 5.32 Å². The van der Waals surface area contributed by atoms with E-state index in [1.165, 1.54) is 0 Å². The van der Waals surface area contributed by atoms with E-state index < -0.39 is 0 Å². The molecule has 1 N–H and O–H groups in total. The lowest BCUT2D eigenvalue weighted by molar-refractivity contribution is 0.356.